The molecule has 0 bridgehead atoms. The van der Waals surface area contributed by atoms with E-state index in [2.05, 4.69) is 182 Å². The number of rotatable bonds is 7. The Morgan fingerprint density at radius 1 is 0.306 bits per heavy atom. The molecule has 0 unspecified atom stereocenters. The average molecular weight is 808 g/mol. The molecule has 0 saturated heterocycles. The van der Waals surface area contributed by atoms with Crippen LogP contribution in [0.3, 0.4) is 0 Å². The van der Waals surface area contributed by atoms with Crippen LogP contribution in [-0.2, 0) is 0 Å². The molecular formula is C57H37N3OSi. The highest BCUT2D eigenvalue weighted by Gasteiger charge is 2.49. The first-order valence-corrected chi connectivity index (χ1v) is 23.0. The van der Waals surface area contributed by atoms with Crippen LogP contribution >= 0.6 is 0 Å². The molecular weight excluding hydrogens is 771 g/mol. The fourth-order valence-corrected chi connectivity index (χ4v) is 15.0. The highest BCUT2D eigenvalue weighted by Crippen LogP contribution is 2.43. The van der Waals surface area contributed by atoms with Crippen LogP contribution in [0, 0.1) is 0 Å². The van der Waals surface area contributed by atoms with Crippen molar-refractivity contribution in [3.05, 3.63) is 224 Å². The molecule has 2 aromatic heterocycles. The third-order valence-electron chi connectivity index (χ3n) is 12.4. The van der Waals surface area contributed by atoms with Gasteiger partial charge in [0.1, 0.15) is 11.2 Å². The van der Waals surface area contributed by atoms with Crippen LogP contribution in [-0.4, -0.2) is 23.0 Å². The largest absolute Gasteiger partial charge is 0.456 e. The van der Waals surface area contributed by atoms with Crippen molar-refractivity contribution in [1.29, 1.82) is 0 Å². The predicted molar refractivity (Wildman–Crippen MR) is 257 cm³/mol. The van der Waals surface area contributed by atoms with Gasteiger partial charge in [0.15, 0.2) is 25.5 Å². The summed E-state index contributed by atoms with van der Waals surface area (Å²) >= 11 is 0. The van der Waals surface area contributed by atoms with Gasteiger partial charge in [0, 0.05) is 27.5 Å². The van der Waals surface area contributed by atoms with Gasteiger partial charge in [-0.2, -0.15) is 0 Å². The summed E-state index contributed by atoms with van der Waals surface area (Å²) in [7, 11) is -2.89. The van der Waals surface area contributed by atoms with Crippen molar-refractivity contribution in [3.63, 3.8) is 0 Å². The van der Waals surface area contributed by atoms with E-state index in [1.807, 2.05) is 42.5 Å². The molecule has 3 heterocycles. The summed E-state index contributed by atoms with van der Waals surface area (Å²) in [5, 5.41) is 7.37. The molecule has 5 heteroatoms. The summed E-state index contributed by atoms with van der Waals surface area (Å²) in [6.45, 7) is 0. The van der Waals surface area contributed by atoms with E-state index in [-0.39, 0.29) is 0 Å². The zero-order chi connectivity index (χ0) is 41.0. The van der Waals surface area contributed by atoms with Gasteiger partial charge in [-0.3, -0.25) is 0 Å². The molecule has 62 heavy (non-hydrogen) atoms. The zero-order valence-corrected chi connectivity index (χ0v) is 34.6. The van der Waals surface area contributed by atoms with Gasteiger partial charge in [-0.15, -0.1) is 0 Å². The molecule has 0 amide bonds. The molecule has 0 N–H and O–H groups in total. The minimum Gasteiger partial charge on any atom is -0.456 e. The molecule has 0 atom stereocenters. The first-order valence-electron chi connectivity index (χ1n) is 21.0. The summed E-state index contributed by atoms with van der Waals surface area (Å²) in [5.74, 6) is 1.82. The first-order chi connectivity index (χ1) is 30.8. The van der Waals surface area contributed by atoms with Crippen molar-refractivity contribution in [2.45, 2.75) is 0 Å². The lowest BCUT2D eigenvalue weighted by molar-refractivity contribution is 0.669. The molecule has 12 rings (SSSR count). The monoisotopic (exact) mass is 807 g/mol. The summed E-state index contributed by atoms with van der Waals surface area (Å²) in [5.41, 5.74) is 11.2. The van der Waals surface area contributed by atoms with Gasteiger partial charge in [0.2, 0.25) is 0 Å². The molecule has 0 aliphatic carbocycles. The smallest absolute Gasteiger partial charge is 0.180 e. The van der Waals surface area contributed by atoms with E-state index in [0.717, 1.165) is 60.9 Å². The van der Waals surface area contributed by atoms with Gasteiger partial charge in [0.05, 0.1) is 0 Å². The minimum atomic E-state index is -2.89. The average Bonchev–Trinajstić information content (AvgIpc) is 3.89. The van der Waals surface area contributed by atoms with Crippen molar-refractivity contribution < 1.29 is 4.42 Å². The van der Waals surface area contributed by atoms with Crippen LogP contribution in [0.2, 0.25) is 0 Å². The van der Waals surface area contributed by atoms with Crippen LogP contribution in [0.15, 0.2) is 229 Å². The third-order valence-corrected chi connectivity index (χ3v) is 17.3. The lowest BCUT2D eigenvalue weighted by atomic mass is 9.94. The summed E-state index contributed by atoms with van der Waals surface area (Å²) < 4.78 is 6.61. The van der Waals surface area contributed by atoms with Crippen LogP contribution in [0.1, 0.15) is 0 Å². The molecule has 11 aromatic rings. The van der Waals surface area contributed by atoms with E-state index in [1.165, 1.54) is 31.9 Å². The quantitative estimate of drug-likeness (QED) is 0.151. The molecule has 0 spiro atoms. The minimum absolute atomic E-state index is 0.588. The maximum atomic E-state index is 6.61. The van der Waals surface area contributed by atoms with Gasteiger partial charge in [-0.05, 0) is 72.3 Å². The molecule has 1 aliphatic heterocycles. The Labute approximate surface area is 360 Å². The van der Waals surface area contributed by atoms with Crippen LogP contribution < -0.4 is 20.7 Å². The van der Waals surface area contributed by atoms with Crippen molar-refractivity contribution in [2.75, 3.05) is 0 Å². The van der Waals surface area contributed by atoms with Gasteiger partial charge in [0.25, 0.3) is 0 Å². The lowest BCUT2D eigenvalue weighted by Gasteiger charge is -2.31. The second kappa shape index (κ2) is 14.6. The van der Waals surface area contributed by atoms with E-state index >= 15 is 0 Å². The fraction of sp³-hybridized carbons (Fsp3) is 0. The number of aromatic nitrogens is 3. The number of hydrogen-bond acceptors (Lipinski definition) is 4. The maximum Gasteiger partial charge on any atom is 0.180 e. The van der Waals surface area contributed by atoms with E-state index in [1.54, 1.807) is 0 Å². The van der Waals surface area contributed by atoms with Crippen LogP contribution in [0.5, 0.6) is 0 Å². The SMILES string of the molecule is c1ccc(-c2cc(-c3nc(-c4ccccc4)nc(-c4cccc5oc6cccc(-c7ccccc7)c6c45)n3)c3c(c2)[Si](c2ccccc2)(c2ccccc2)c2ccccc2-3)cc1. The van der Waals surface area contributed by atoms with Crippen molar-refractivity contribution in [3.8, 4) is 67.5 Å². The van der Waals surface area contributed by atoms with Gasteiger partial charge in [-0.1, -0.05) is 206 Å². The topological polar surface area (TPSA) is 51.8 Å². The number of benzene rings is 9. The van der Waals surface area contributed by atoms with E-state index in [0.29, 0.717) is 17.5 Å². The Kier molecular flexibility index (Phi) is 8.47. The summed E-state index contributed by atoms with van der Waals surface area (Å²) in [6.07, 6.45) is 0. The van der Waals surface area contributed by atoms with Crippen molar-refractivity contribution in [2.24, 2.45) is 0 Å². The Balaban J connectivity index is 1.20. The summed E-state index contributed by atoms with van der Waals surface area (Å²) in [4.78, 5) is 16.3. The molecule has 290 valence electrons. The van der Waals surface area contributed by atoms with Crippen molar-refractivity contribution >= 4 is 50.8 Å². The highest BCUT2D eigenvalue weighted by molar-refractivity contribution is 7.22. The van der Waals surface area contributed by atoms with Crippen molar-refractivity contribution in [1.82, 2.24) is 15.0 Å². The standard InChI is InChI=1S/C57H37N3OSi/c1-6-20-38(21-7-1)41-36-47(52-45-30-16-17-35-50(45)62(51(52)37-41,42-26-12-4-13-27-42)43-28-14-5-15-29-43)57-59-55(40-24-10-3-11-25-40)58-56(60-57)46-32-19-34-49-54(46)53-44(31-18-33-48(53)61-49)39-22-8-2-9-23-39/h1-37H. The Bertz CT molecular complexity index is 3410. The molecule has 1 aliphatic rings. The Hall–Kier alpha value is -7.99. The van der Waals surface area contributed by atoms with Gasteiger partial charge in [-0.25, -0.2) is 15.0 Å². The second-order valence-electron chi connectivity index (χ2n) is 15.8. The zero-order valence-electron chi connectivity index (χ0n) is 33.6. The lowest BCUT2D eigenvalue weighted by Crippen LogP contribution is -2.72. The Morgan fingerprint density at radius 3 is 1.40 bits per heavy atom. The predicted octanol–water partition coefficient (Wildman–Crippen LogP) is 11.5. The van der Waals surface area contributed by atoms with Gasteiger partial charge < -0.3 is 4.42 Å². The number of hydrogen-bond donors (Lipinski definition) is 0. The van der Waals surface area contributed by atoms with E-state index in [4.69, 9.17) is 19.4 Å². The number of fused-ring (bicyclic) bond motifs is 6. The molecule has 0 radical (unpaired) electrons. The van der Waals surface area contributed by atoms with Crippen LogP contribution in [0.4, 0.5) is 0 Å². The Morgan fingerprint density at radius 2 is 0.774 bits per heavy atom. The first kappa shape index (κ1) is 35.9. The van der Waals surface area contributed by atoms with E-state index < -0.39 is 8.07 Å². The fourth-order valence-electron chi connectivity index (χ4n) is 9.78. The van der Waals surface area contributed by atoms with Crippen LogP contribution in [0.25, 0.3) is 89.5 Å². The number of furan rings is 1. The molecule has 0 fully saturated rings. The normalized spacial score (nSPS) is 12.6. The van der Waals surface area contributed by atoms with E-state index in [9.17, 15) is 0 Å². The molecule has 9 aromatic carbocycles. The number of nitrogens with zero attached hydrogens (tertiary/aromatic N) is 3. The maximum absolute atomic E-state index is 6.61. The van der Waals surface area contributed by atoms with Gasteiger partial charge >= 0.3 is 0 Å². The highest BCUT2D eigenvalue weighted by atomic mass is 28.3. The molecule has 4 nitrogen and oxygen atoms in total. The summed E-state index contributed by atoms with van der Waals surface area (Å²) in [6, 6.07) is 80.0. The third kappa shape index (κ3) is 5.63. The second-order valence-corrected chi connectivity index (χ2v) is 19.6. The molecule has 0 saturated carbocycles.